The second-order valence-electron chi connectivity index (χ2n) is 3.29. The lowest BCUT2D eigenvalue weighted by Gasteiger charge is -2.04. The maximum atomic E-state index is 11.1. The lowest BCUT2D eigenvalue weighted by Crippen LogP contribution is -1.97. The first-order valence-corrected chi connectivity index (χ1v) is 7.44. The van der Waals surface area contributed by atoms with Crippen molar-refractivity contribution in [1.29, 1.82) is 0 Å². The molecule has 0 spiro atoms. The molecule has 2 aromatic rings. The Morgan fingerprint density at radius 2 is 1.74 bits per heavy atom. The average Bonchev–Trinajstić information content (AvgIpc) is 2.28. The Labute approximate surface area is 125 Å². The predicted octanol–water partition coefficient (Wildman–Crippen LogP) is 3.22. The van der Waals surface area contributed by atoms with Crippen LogP contribution in [0.15, 0.2) is 41.4 Å². The number of rotatable bonds is 3. The highest BCUT2D eigenvalue weighted by atomic mass is 35.7. The van der Waals surface area contributed by atoms with Gasteiger partial charge in [0.2, 0.25) is 5.95 Å². The van der Waals surface area contributed by atoms with E-state index in [0.29, 0.717) is 16.8 Å². The van der Waals surface area contributed by atoms with Gasteiger partial charge in [-0.15, -0.1) is 12.4 Å². The van der Waals surface area contributed by atoms with Crippen LogP contribution in [0.5, 0.6) is 0 Å². The van der Waals surface area contributed by atoms with Crippen molar-refractivity contribution in [3.63, 3.8) is 0 Å². The fourth-order valence-corrected chi connectivity index (χ4v) is 2.13. The monoisotopic (exact) mass is 339 g/mol. The number of benzene rings is 1. The van der Waals surface area contributed by atoms with E-state index in [-0.39, 0.29) is 17.3 Å². The van der Waals surface area contributed by atoms with Crippen LogP contribution in [0.1, 0.15) is 0 Å². The van der Waals surface area contributed by atoms with E-state index in [1.54, 1.807) is 18.2 Å². The molecule has 0 aliphatic carbocycles. The summed E-state index contributed by atoms with van der Waals surface area (Å²) < 4.78 is 22.1. The van der Waals surface area contributed by atoms with E-state index in [4.69, 9.17) is 22.3 Å². The van der Waals surface area contributed by atoms with Gasteiger partial charge in [0.05, 0.1) is 4.90 Å². The molecule has 1 N–H and O–H groups in total. The van der Waals surface area contributed by atoms with Crippen LogP contribution in [0.25, 0.3) is 0 Å². The average molecular weight is 341 g/mol. The summed E-state index contributed by atoms with van der Waals surface area (Å²) in [6, 6.07) is 7.43. The quantitative estimate of drug-likeness (QED) is 0.686. The summed E-state index contributed by atoms with van der Waals surface area (Å²) in [5, 5.41) is 3.19. The molecular weight excluding hydrogens is 333 g/mol. The minimum atomic E-state index is -3.71. The van der Waals surface area contributed by atoms with Crippen LogP contribution in [0.3, 0.4) is 0 Å². The maximum absolute atomic E-state index is 11.1. The topological polar surface area (TPSA) is 72.0 Å². The van der Waals surface area contributed by atoms with E-state index in [9.17, 15) is 8.42 Å². The number of aromatic nitrogens is 2. The number of halogens is 3. The fourth-order valence-electron chi connectivity index (χ4n) is 1.23. The number of hydrogen-bond acceptors (Lipinski definition) is 5. The van der Waals surface area contributed by atoms with Gasteiger partial charge >= 0.3 is 0 Å². The van der Waals surface area contributed by atoms with Crippen LogP contribution in [-0.4, -0.2) is 18.4 Å². The molecule has 0 saturated heterocycles. The third kappa shape index (κ3) is 4.50. The van der Waals surface area contributed by atoms with Crippen LogP contribution >= 0.6 is 34.7 Å². The second-order valence-corrected chi connectivity index (χ2v) is 6.24. The molecule has 1 heterocycles. The van der Waals surface area contributed by atoms with Crippen LogP contribution in [0.2, 0.25) is 5.15 Å². The van der Waals surface area contributed by atoms with Gasteiger partial charge in [-0.05, 0) is 30.3 Å². The van der Waals surface area contributed by atoms with Gasteiger partial charge < -0.3 is 5.32 Å². The molecule has 0 aliphatic heterocycles. The van der Waals surface area contributed by atoms with Gasteiger partial charge in [0.15, 0.2) is 0 Å². The zero-order valence-electron chi connectivity index (χ0n) is 9.25. The van der Waals surface area contributed by atoms with Gasteiger partial charge in [-0.1, -0.05) is 11.6 Å². The summed E-state index contributed by atoms with van der Waals surface area (Å²) in [7, 11) is 1.49. The molecule has 102 valence electrons. The smallest absolute Gasteiger partial charge is 0.261 e. The zero-order chi connectivity index (χ0) is 13.2. The van der Waals surface area contributed by atoms with Crippen molar-refractivity contribution in [2.45, 2.75) is 4.90 Å². The first-order valence-electron chi connectivity index (χ1n) is 4.75. The van der Waals surface area contributed by atoms with Gasteiger partial charge in [-0.2, -0.15) is 0 Å². The number of hydrogen-bond donors (Lipinski definition) is 1. The van der Waals surface area contributed by atoms with Crippen LogP contribution in [0, 0.1) is 0 Å². The Hall–Kier alpha value is -1.08. The van der Waals surface area contributed by atoms with Crippen LogP contribution in [-0.2, 0) is 9.05 Å². The fraction of sp³-hybridized carbons (Fsp3) is 0. The second kappa shape index (κ2) is 6.38. The Kier molecular flexibility index (Phi) is 5.37. The van der Waals surface area contributed by atoms with E-state index in [1.807, 2.05) is 0 Å². The van der Waals surface area contributed by atoms with Crippen molar-refractivity contribution in [3.8, 4) is 0 Å². The molecule has 1 aromatic carbocycles. The van der Waals surface area contributed by atoms with Gasteiger partial charge in [-0.3, -0.25) is 0 Å². The molecular formula is C10H8Cl3N3O2S. The van der Waals surface area contributed by atoms with Crippen molar-refractivity contribution in [2.24, 2.45) is 0 Å². The van der Waals surface area contributed by atoms with E-state index in [2.05, 4.69) is 15.3 Å². The van der Waals surface area contributed by atoms with E-state index < -0.39 is 9.05 Å². The summed E-state index contributed by atoms with van der Waals surface area (Å²) >= 11 is 5.71. The number of nitrogens with zero attached hydrogens (tertiary/aromatic N) is 2. The molecule has 0 amide bonds. The van der Waals surface area contributed by atoms with Gasteiger partial charge in [-0.25, -0.2) is 18.4 Å². The molecule has 0 unspecified atom stereocenters. The van der Waals surface area contributed by atoms with E-state index >= 15 is 0 Å². The molecule has 0 fully saturated rings. The molecule has 0 radical (unpaired) electrons. The lowest BCUT2D eigenvalue weighted by atomic mass is 10.3. The first kappa shape index (κ1) is 16.0. The summed E-state index contributed by atoms with van der Waals surface area (Å²) in [6.07, 6.45) is 1.51. The van der Waals surface area contributed by atoms with Crippen molar-refractivity contribution in [3.05, 3.63) is 41.7 Å². The molecule has 0 aliphatic rings. The molecule has 2 rings (SSSR count). The summed E-state index contributed by atoms with van der Waals surface area (Å²) in [5.41, 5.74) is 0.626. The Morgan fingerprint density at radius 3 is 2.26 bits per heavy atom. The Morgan fingerprint density at radius 1 is 1.11 bits per heavy atom. The lowest BCUT2D eigenvalue weighted by molar-refractivity contribution is 0.609. The van der Waals surface area contributed by atoms with Crippen molar-refractivity contribution in [1.82, 2.24) is 9.97 Å². The molecule has 0 bridgehead atoms. The zero-order valence-corrected chi connectivity index (χ0v) is 12.4. The standard InChI is InChI=1S/C10H7Cl2N3O2S.ClH/c11-9-5-6-13-10(15-9)14-7-1-3-8(4-2-7)18(12,16)17;/h1-6H,(H,13,14,15);1H. The third-order valence-electron chi connectivity index (χ3n) is 2.01. The highest BCUT2D eigenvalue weighted by Gasteiger charge is 2.09. The largest absolute Gasteiger partial charge is 0.324 e. The molecule has 5 nitrogen and oxygen atoms in total. The molecule has 9 heteroatoms. The summed E-state index contributed by atoms with van der Waals surface area (Å²) in [6.45, 7) is 0. The minimum Gasteiger partial charge on any atom is -0.324 e. The van der Waals surface area contributed by atoms with Gasteiger partial charge in [0.25, 0.3) is 9.05 Å². The first-order chi connectivity index (χ1) is 8.45. The maximum Gasteiger partial charge on any atom is 0.261 e. The van der Waals surface area contributed by atoms with Gasteiger partial charge in [0, 0.05) is 22.6 Å². The van der Waals surface area contributed by atoms with Gasteiger partial charge in [0.1, 0.15) is 5.15 Å². The van der Waals surface area contributed by atoms with Crippen molar-refractivity contribution in [2.75, 3.05) is 5.32 Å². The Bertz CT molecular complexity index is 662. The van der Waals surface area contributed by atoms with Crippen LogP contribution < -0.4 is 5.32 Å². The molecule has 1 aromatic heterocycles. The van der Waals surface area contributed by atoms with E-state index in [1.165, 1.54) is 18.3 Å². The van der Waals surface area contributed by atoms with Crippen LogP contribution in [0.4, 0.5) is 11.6 Å². The highest BCUT2D eigenvalue weighted by Crippen LogP contribution is 2.19. The number of anilines is 2. The van der Waals surface area contributed by atoms with Crippen molar-refractivity contribution < 1.29 is 8.42 Å². The molecule has 0 atom stereocenters. The Balaban J connectivity index is 0.00000180. The minimum absolute atomic E-state index is 0. The van der Waals surface area contributed by atoms with Crippen molar-refractivity contribution >= 4 is 55.4 Å². The molecule has 0 saturated carbocycles. The predicted molar refractivity (Wildman–Crippen MR) is 77.1 cm³/mol. The summed E-state index contributed by atoms with van der Waals surface area (Å²) in [4.78, 5) is 7.92. The summed E-state index contributed by atoms with van der Waals surface area (Å²) in [5.74, 6) is 0.323. The molecule has 19 heavy (non-hydrogen) atoms. The normalized spacial score (nSPS) is 10.6. The van der Waals surface area contributed by atoms with E-state index in [0.717, 1.165) is 0 Å². The number of nitrogens with one attached hydrogen (secondary N) is 1. The highest BCUT2D eigenvalue weighted by molar-refractivity contribution is 8.13. The SMILES string of the molecule is Cl.O=S(=O)(Cl)c1ccc(Nc2nccc(Cl)n2)cc1. The third-order valence-corrected chi connectivity index (χ3v) is 3.59.